The molecule has 1 spiro atoms. The summed E-state index contributed by atoms with van der Waals surface area (Å²) in [4.78, 5) is 20.8. The zero-order chi connectivity index (χ0) is 27.2. The van der Waals surface area contributed by atoms with Crippen molar-refractivity contribution in [2.24, 2.45) is 17.3 Å². The van der Waals surface area contributed by atoms with Gasteiger partial charge < -0.3 is 4.90 Å². The molecule has 2 aromatic carbocycles. The van der Waals surface area contributed by atoms with Crippen molar-refractivity contribution >= 4 is 37.5 Å². The molecule has 1 amide bonds. The van der Waals surface area contributed by atoms with Crippen molar-refractivity contribution in [3.05, 3.63) is 59.1 Å². The first kappa shape index (κ1) is 25.5. The fourth-order valence-corrected chi connectivity index (χ4v) is 9.31. The third kappa shape index (κ3) is 4.21. The van der Waals surface area contributed by atoms with Crippen LogP contribution in [0.5, 0.6) is 0 Å². The highest BCUT2D eigenvalue weighted by atomic mass is 32.2. The molecule has 1 aromatic heterocycles. The van der Waals surface area contributed by atoms with Gasteiger partial charge in [0.15, 0.2) is 0 Å². The Balaban J connectivity index is 1.20. The van der Waals surface area contributed by atoms with Gasteiger partial charge in [-0.25, -0.2) is 22.2 Å². The van der Waals surface area contributed by atoms with Gasteiger partial charge in [0.2, 0.25) is 15.9 Å². The van der Waals surface area contributed by atoms with Gasteiger partial charge in [-0.1, -0.05) is 23.8 Å². The van der Waals surface area contributed by atoms with E-state index >= 15 is 0 Å². The minimum absolute atomic E-state index is 0.00365. The van der Waals surface area contributed by atoms with Gasteiger partial charge >= 0.3 is 0 Å². The number of rotatable bonds is 6. The van der Waals surface area contributed by atoms with Gasteiger partial charge in [0.1, 0.15) is 6.04 Å². The zero-order valence-corrected chi connectivity index (χ0v) is 23.4. The molecule has 2 heterocycles. The Morgan fingerprint density at radius 1 is 1.15 bits per heavy atom. The number of aromatic nitrogens is 1. The number of carbonyl (C=O) groups excluding carboxylic acids is 1. The number of halogens is 2. The van der Waals surface area contributed by atoms with Crippen LogP contribution in [-0.2, 0) is 21.4 Å². The molecule has 0 N–H and O–H groups in total. The molecule has 10 heteroatoms. The second-order valence-corrected chi connectivity index (χ2v) is 14.8. The maximum atomic E-state index is 14.4. The predicted octanol–water partition coefficient (Wildman–Crippen LogP) is 5.61. The minimum Gasteiger partial charge on any atom is -0.334 e. The Morgan fingerprint density at radius 2 is 1.87 bits per heavy atom. The summed E-state index contributed by atoms with van der Waals surface area (Å²) in [5.41, 5.74) is 3.61. The number of piperidine rings is 1. The number of benzene rings is 2. The summed E-state index contributed by atoms with van der Waals surface area (Å²) in [6, 6.07) is 11.7. The molecule has 206 valence electrons. The van der Waals surface area contributed by atoms with Crippen molar-refractivity contribution in [1.82, 2.24) is 14.2 Å². The van der Waals surface area contributed by atoms with E-state index in [0.29, 0.717) is 38.8 Å². The lowest BCUT2D eigenvalue weighted by Gasteiger charge is -2.40. The molecule has 1 saturated heterocycles. The molecule has 3 atom stereocenters. The van der Waals surface area contributed by atoms with Crippen LogP contribution in [-0.4, -0.2) is 53.1 Å². The number of fused-ring (bicyclic) bond motifs is 2. The van der Waals surface area contributed by atoms with Crippen molar-refractivity contribution < 1.29 is 22.0 Å². The highest BCUT2D eigenvalue weighted by Gasteiger charge is 2.71. The van der Waals surface area contributed by atoms with Crippen LogP contribution in [0.15, 0.2) is 52.9 Å². The van der Waals surface area contributed by atoms with Crippen LogP contribution in [0.1, 0.15) is 49.7 Å². The van der Waals surface area contributed by atoms with Crippen LogP contribution in [0.2, 0.25) is 0 Å². The van der Waals surface area contributed by atoms with Gasteiger partial charge in [0, 0.05) is 31.0 Å². The van der Waals surface area contributed by atoms with Crippen LogP contribution < -0.4 is 0 Å². The second kappa shape index (κ2) is 8.78. The molecule has 4 aliphatic rings. The molecule has 6 nitrogen and oxygen atoms in total. The fourth-order valence-electron chi connectivity index (χ4n) is 6.97. The lowest BCUT2D eigenvalue weighted by atomic mass is 9.82. The number of nitrogens with zero attached hydrogens (tertiary/aromatic N) is 3. The van der Waals surface area contributed by atoms with Gasteiger partial charge in [-0.2, -0.15) is 4.31 Å². The summed E-state index contributed by atoms with van der Waals surface area (Å²) >= 11 is 1.55. The van der Waals surface area contributed by atoms with E-state index in [1.807, 2.05) is 30.0 Å². The summed E-state index contributed by atoms with van der Waals surface area (Å²) < 4.78 is 58.2. The van der Waals surface area contributed by atoms with E-state index in [9.17, 15) is 22.0 Å². The number of aryl methyl sites for hydroxylation is 1. The van der Waals surface area contributed by atoms with E-state index in [1.54, 1.807) is 41.1 Å². The molecule has 0 unspecified atom stereocenters. The van der Waals surface area contributed by atoms with E-state index in [2.05, 4.69) is 4.98 Å². The molecule has 1 aliphatic heterocycles. The number of hydrogen-bond donors (Lipinski definition) is 0. The van der Waals surface area contributed by atoms with Gasteiger partial charge in [0.05, 0.1) is 20.6 Å². The average Bonchev–Trinajstić information content (AvgIpc) is 3.60. The Morgan fingerprint density at radius 3 is 2.56 bits per heavy atom. The topological polar surface area (TPSA) is 70.6 Å². The molecule has 3 aromatic rings. The monoisotopic (exact) mass is 571 g/mol. The maximum Gasteiger partial charge on any atom is 0.254 e. The number of sulfonamides is 1. The van der Waals surface area contributed by atoms with Crippen LogP contribution in [0.25, 0.3) is 10.2 Å². The zero-order valence-electron chi connectivity index (χ0n) is 21.7. The summed E-state index contributed by atoms with van der Waals surface area (Å²) in [5.74, 6) is -2.61. The lowest BCUT2D eigenvalue weighted by Crippen LogP contribution is -2.53. The molecule has 0 radical (unpaired) electrons. The third-order valence-corrected chi connectivity index (χ3v) is 12.3. The highest BCUT2D eigenvalue weighted by Crippen LogP contribution is 2.67. The van der Waals surface area contributed by atoms with Crippen molar-refractivity contribution in [3.63, 3.8) is 0 Å². The SMILES string of the molecule is Cc1ccc(S(=O)(=O)N2C[C@H]3C[C@H]3[C@H]2C(=O)N(Cc2ccc3scnc3c2)C2CCC3(CC2)CC3(F)F)cc1. The maximum absolute atomic E-state index is 14.4. The Hall–Kier alpha value is -2.43. The second-order valence-electron chi connectivity index (χ2n) is 12.0. The molecule has 7 rings (SSSR count). The quantitative estimate of drug-likeness (QED) is 0.386. The number of hydrogen-bond acceptors (Lipinski definition) is 5. The van der Waals surface area contributed by atoms with E-state index in [-0.39, 0.29) is 35.1 Å². The first-order chi connectivity index (χ1) is 18.6. The summed E-state index contributed by atoms with van der Waals surface area (Å²) in [5, 5.41) is 0. The van der Waals surface area contributed by atoms with Crippen molar-refractivity contribution in [2.45, 2.75) is 74.9 Å². The van der Waals surface area contributed by atoms with Crippen molar-refractivity contribution in [3.8, 4) is 0 Å². The fraction of sp³-hybridized carbons (Fsp3) is 0.517. The smallest absolute Gasteiger partial charge is 0.254 e. The van der Waals surface area contributed by atoms with Crippen LogP contribution >= 0.6 is 11.3 Å². The Bertz CT molecular complexity index is 1550. The number of carbonyl (C=O) groups is 1. The number of amides is 1. The van der Waals surface area contributed by atoms with E-state index in [1.165, 1.54) is 4.31 Å². The van der Waals surface area contributed by atoms with Crippen molar-refractivity contribution in [1.29, 1.82) is 0 Å². The van der Waals surface area contributed by atoms with Crippen LogP contribution in [0, 0.1) is 24.2 Å². The van der Waals surface area contributed by atoms with Gasteiger partial charge in [0.25, 0.3) is 5.92 Å². The Kier molecular flexibility index (Phi) is 5.75. The van der Waals surface area contributed by atoms with E-state index < -0.39 is 27.4 Å². The summed E-state index contributed by atoms with van der Waals surface area (Å²) in [7, 11) is -3.86. The van der Waals surface area contributed by atoms with Gasteiger partial charge in [-0.05, 0) is 80.7 Å². The van der Waals surface area contributed by atoms with Crippen molar-refractivity contribution in [2.75, 3.05) is 6.54 Å². The average molecular weight is 572 g/mol. The standard InChI is InChI=1S/C29H31F2N3O3S2/c1-18-2-5-22(6-3-18)39(36,37)34-15-20-13-23(20)26(34)27(35)33(14-19-4-7-25-24(12-19)32-17-38-25)21-8-10-28(11-9-21)16-29(28,30)31/h2-7,12,17,20-21,23,26H,8-11,13-16H2,1H3/t20-,21?,23-,26+,28?/m1/s1. The first-order valence-corrected chi connectivity index (χ1v) is 16.0. The van der Waals surface area contributed by atoms with E-state index in [4.69, 9.17) is 0 Å². The lowest BCUT2D eigenvalue weighted by molar-refractivity contribution is -0.139. The molecular formula is C29H31F2N3O3S2. The normalized spacial score (nSPS) is 31.4. The number of thiazole rings is 1. The third-order valence-electron chi connectivity index (χ3n) is 9.58. The Labute approximate surface area is 231 Å². The minimum atomic E-state index is -3.86. The number of alkyl halides is 2. The van der Waals surface area contributed by atoms with Gasteiger partial charge in [-0.3, -0.25) is 4.79 Å². The molecule has 4 fully saturated rings. The van der Waals surface area contributed by atoms with Gasteiger partial charge in [-0.15, -0.1) is 11.3 Å². The molecule has 0 bridgehead atoms. The summed E-state index contributed by atoms with van der Waals surface area (Å²) in [6.45, 7) is 2.56. The molecule has 39 heavy (non-hydrogen) atoms. The first-order valence-electron chi connectivity index (χ1n) is 13.7. The predicted molar refractivity (Wildman–Crippen MR) is 145 cm³/mol. The largest absolute Gasteiger partial charge is 0.334 e. The molecular weight excluding hydrogens is 540 g/mol. The molecule has 3 aliphatic carbocycles. The highest BCUT2D eigenvalue weighted by molar-refractivity contribution is 7.89. The molecule has 3 saturated carbocycles. The van der Waals surface area contributed by atoms with E-state index in [0.717, 1.165) is 27.8 Å². The van der Waals surface area contributed by atoms with Crippen LogP contribution in [0.4, 0.5) is 8.78 Å². The summed E-state index contributed by atoms with van der Waals surface area (Å²) in [6.07, 6.45) is 2.58. The van der Waals surface area contributed by atoms with Crippen LogP contribution in [0.3, 0.4) is 0 Å².